The highest BCUT2D eigenvalue weighted by molar-refractivity contribution is 7.80. The molecule has 0 radical (unpaired) electrons. The van der Waals surface area contributed by atoms with Crippen LogP contribution in [0, 0.1) is 0 Å². The minimum atomic E-state index is -1.00. The van der Waals surface area contributed by atoms with Crippen LogP contribution in [0.5, 0.6) is 23.0 Å². The molecule has 0 unspecified atom stereocenters. The van der Waals surface area contributed by atoms with Crippen molar-refractivity contribution in [1.82, 2.24) is 0 Å². The van der Waals surface area contributed by atoms with Crippen LogP contribution in [0.1, 0.15) is 58.4 Å². The van der Waals surface area contributed by atoms with E-state index in [0.717, 1.165) is 81.5 Å². The first-order valence-corrected chi connectivity index (χ1v) is 22.1. The van der Waals surface area contributed by atoms with Crippen LogP contribution in [-0.2, 0) is 37.5 Å². The van der Waals surface area contributed by atoms with Gasteiger partial charge in [0.25, 0.3) is 0 Å². The molecule has 0 bridgehead atoms. The predicted octanol–water partition coefficient (Wildman–Crippen LogP) is 7.17. The molecule has 0 aromatic heterocycles. The third kappa shape index (κ3) is 4.96. The van der Waals surface area contributed by atoms with Crippen LogP contribution >= 0.6 is 15.8 Å². The van der Waals surface area contributed by atoms with Gasteiger partial charge in [-0.3, -0.25) is 0 Å². The van der Waals surface area contributed by atoms with E-state index in [1.165, 1.54) is 76.3 Å². The summed E-state index contributed by atoms with van der Waals surface area (Å²) in [5.41, 5.74) is 10.7. The van der Waals surface area contributed by atoms with Gasteiger partial charge in [-0.25, -0.2) is 0 Å². The molecule has 0 amide bonds. The van der Waals surface area contributed by atoms with Gasteiger partial charge in [-0.1, -0.05) is 123 Å². The van der Waals surface area contributed by atoms with Crippen LogP contribution in [0.3, 0.4) is 0 Å². The van der Waals surface area contributed by atoms with Crippen LogP contribution < -0.4 is 50.8 Å². The molecule has 4 heterocycles. The summed E-state index contributed by atoms with van der Waals surface area (Å²) < 4.78 is 26.0. The first-order valence-electron chi connectivity index (χ1n) is 19.4. The summed E-state index contributed by atoms with van der Waals surface area (Å²) in [7, 11) is -2.00. The van der Waals surface area contributed by atoms with E-state index in [1.54, 1.807) is 0 Å². The van der Waals surface area contributed by atoms with Crippen LogP contribution in [0.2, 0.25) is 0 Å². The number of ether oxygens (including phenoxy) is 4. The molecule has 11 rings (SSSR count). The Morgan fingerprint density at radius 2 is 0.685 bits per heavy atom. The molecule has 6 heteroatoms. The van der Waals surface area contributed by atoms with E-state index < -0.39 is 15.8 Å². The lowest BCUT2D eigenvalue weighted by atomic mass is 9.69. The fourth-order valence-corrected chi connectivity index (χ4v) is 15.3. The molecule has 0 saturated heterocycles. The molecule has 6 aromatic carbocycles. The molecule has 6 aromatic rings. The van der Waals surface area contributed by atoms with E-state index >= 15 is 0 Å². The Kier molecular flexibility index (Phi) is 7.73. The lowest BCUT2D eigenvalue weighted by Gasteiger charge is -2.39. The van der Waals surface area contributed by atoms with E-state index in [1.807, 2.05) is 0 Å². The van der Waals surface area contributed by atoms with Crippen molar-refractivity contribution in [3.63, 3.8) is 0 Å². The van der Waals surface area contributed by atoms with Gasteiger partial charge in [0, 0.05) is 52.3 Å². The van der Waals surface area contributed by atoms with E-state index in [0.29, 0.717) is 0 Å². The molecule has 4 aliphatic heterocycles. The average Bonchev–Trinajstić information content (AvgIpc) is 4.03. The molecule has 4 nitrogen and oxygen atoms in total. The Balaban J connectivity index is 1.15. The van der Waals surface area contributed by atoms with Crippen LogP contribution in [0.25, 0.3) is 0 Å². The highest BCUT2D eigenvalue weighted by Crippen LogP contribution is 2.51. The van der Waals surface area contributed by atoms with Crippen molar-refractivity contribution in [2.45, 2.75) is 51.4 Å². The quantitative estimate of drug-likeness (QED) is 0.170. The van der Waals surface area contributed by atoms with Gasteiger partial charge in [0.05, 0.1) is 26.4 Å². The number of rotatable bonds is 6. The van der Waals surface area contributed by atoms with Crippen molar-refractivity contribution in [2.24, 2.45) is 0 Å². The maximum atomic E-state index is 6.49. The van der Waals surface area contributed by atoms with E-state index in [9.17, 15) is 0 Å². The van der Waals surface area contributed by atoms with E-state index in [2.05, 4.69) is 123 Å². The highest BCUT2D eigenvalue weighted by Gasteiger charge is 2.40. The van der Waals surface area contributed by atoms with Crippen molar-refractivity contribution >= 4 is 47.7 Å². The van der Waals surface area contributed by atoms with Crippen LogP contribution in [0.4, 0.5) is 0 Å². The second-order valence-corrected chi connectivity index (χ2v) is 19.8. The van der Waals surface area contributed by atoms with Crippen molar-refractivity contribution < 1.29 is 18.9 Å². The largest absolute Gasteiger partial charge is 0.492 e. The zero-order chi connectivity index (χ0) is 36.0. The van der Waals surface area contributed by atoms with E-state index in [4.69, 9.17) is 18.9 Å². The van der Waals surface area contributed by atoms with Crippen molar-refractivity contribution in [1.29, 1.82) is 0 Å². The summed E-state index contributed by atoms with van der Waals surface area (Å²) in [5.74, 6) is 4.31. The van der Waals surface area contributed by atoms with Gasteiger partial charge in [-0.15, -0.1) is 0 Å². The third-order valence-electron chi connectivity index (χ3n) is 12.2. The average molecular weight is 745 g/mol. The molecule has 54 heavy (non-hydrogen) atoms. The summed E-state index contributed by atoms with van der Waals surface area (Å²) in [5, 5.41) is 7.99. The lowest BCUT2D eigenvalue weighted by Crippen LogP contribution is -2.36. The SMILES string of the molecule is CC1(C)c2cccc(P(c3cccc4c3OCC4)c3cccc4c3OCC4)c2Cc2c(P(c3cccc4c3OCC4)c3cccc4c3OCC4)cccc21. The van der Waals surface area contributed by atoms with Crippen molar-refractivity contribution in [2.75, 3.05) is 26.4 Å². The van der Waals surface area contributed by atoms with Gasteiger partial charge in [0.1, 0.15) is 23.0 Å². The molecule has 5 aliphatic rings. The highest BCUT2D eigenvalue weighted by atomic mass is 31.1. The monoisotopic (exact) mass is 744 g/mol. The standard InChI is InChI=1S/C48H42O4P2/c1-48(2)36-13-7-15-38(53(40-17-3-9-30-21-25-49-44(30)40)41-18-4-10-31-22-26-50-45(31)41)34(36)29-35-37(48)14-8-16-39(35)54(42-19-5-11-32-23-27-51-46(32)42)43-20-6-12-33-24-28-52-47(33)43/h3-20H,21-29H2,1-2H3. The van der Waals surface area contributed by atoms with Crippen molar-refractivity contribution in [3.8, 4) is 23.0 Å². The second kappa shape index (κ2) is 12.7. The van der Waals surface area contributed by atoms with Gasteiger partial charge in [-0.05, 0) is 77.4 Å². The zero-order valence-corrected chi connectivity index (χ0v) is 32.6. The first kappa shape index (κ1) is 32.8. The number of benzene rings is 6. The summed E-state index contributed by atoms with van der Waals surface area (Å²) in [6.07, 6.45) is 4.67. The Labute approximate surface area is 320 Å². The van der Waals surface area contributed by atoms with Gasteiger partial charge in [0.2, 0.25) is 0 Å². The molecular formula is C48H42O4P2. The number of hydrogen-bond acceptors (Lipinski definition) is 4. The van der Waals surface area contributed by atoms with Gasteiger partial charge >= 0.3 is 0 Å². The summed E-state index contributed by atoms with van der Waals surface area (Å²) in [4.78, 5) is 0. The van der Waals surface area contributed by atoms with Gasteiger partial charge < -0.3 is 18.9 Å². The molecule has 0 N–H and O–H groups in total. The minimum Gasteiger partial charge on any atom is -0.492 e. The van der Waals surface area contributed by atoms with E-state index in [-0.39, 0.29) is 5.41 Å². The zero-order valence-electron chi connectivity index (χ0n) is 30.8. The van der Waals surface area contributed by atoms with Crippen LogP contribution in [0.15, 0.2) is 109 Å². The Morgan fingerprint density at radius 1 is 0.389 bits per heavy atom. The molecule has 1 aliphatic carbocycles. The number of fused-ring (bicyclic) bond motifs is 6. The molecule has 0 saturated carbocycles. The third-order valence-corrected chi connectivity index (χ3v) is 17.4. The fourth-order valence-electron chi connectivity index (χ4n) is 9.71. The Bertz CT molecular complexity index is 2220. The summed E-state index contributed by atoms with van der Waals surface area (Å²) >= 11 is 0. The summed E-state index contributed by atoms with van der Waals surface area (Å²) in [6.45, 7) is 7.80. The minimum absolute atomic E-state index is 0.217. The number of para-hydroxylation sites is 4. The first-order chi connectivity index (χ1) is 26.6. The topological polar surface area (TPSA) is 36.9 Å². The Hall–Kier alpha value is -4.62. The molecule has 0 spiro atoms. The fraction of sp³-hybridized carbons (Fsp3) is 0.250. The lowest BCUT2D eigenvalue weighted by molar-refractivity contribution is 0.358. The predicted molar refractivity (Wildman–Crippen MR) is 222 cm³/mol. The van der Waals surface area contributed by atoms with Crippen LogP contribution in [-0.4, -0.2) is 26.4 Å². The van der Waals surface area contributed by atoms with Gasteiger partial charge in [-0.2, -0.15) is 0 Å². The van der Waals surface area contributed by atoms with Crippen molar-refractivity contribution in [3.05, 3.63) is 154 Å². The molecular weight excluding hydrogens is 702 g/mol. The molecule has 268 valence electrons. The second-order valence-electron chi connectivity index (χ2n) is 15.5. The molecule has 0 fully saturated rings. The number of hydrogen-bond donors (Lipinski definition) is 0. The molecule has 0 atom stereocenters. The normalized spacial score (nSPS) is 16.7. The maximum absolute atomic E-state index is 6.49. The summed E-state index contributed by atoms with van der Waals surface area (Å²) in [6, 6.07) is 41.4. The Morgan fingerprint density at radius 3 is 1.02 bits per heavy atom. The maximum Gasteiger partial charge on any atom is 0.130 e. The van der Waals surface area contributed by atoms with Gasteiger partial charge in [0.15, 0.2) is 0 Å². The smallest absolute Gasteiger partial charge is 0.130 e.